The van der Waals surface area contributed by atoms with Gasteiger partial charge in [0, 0.05) is 25.7 Å². The van der Waals surface area contributed by atoms with Crippen molar-refractivity contribution in [3.05, 3.63) is 48.0 Å². The molecular formula is C25H35N5O2. The normalized spacial score (nSPS) is 27.4. The second-order valence-corrected chi connectivity index (χ2v) is 9.28. The summed E-state index contributed by atoms with van der Waals surface area (Å²) in [6, 6.07) is 10.7. The molecule has 1 saturated heterocycles. The van der Waals surface area contributed by atoms with Crippen LogP contribution >= 0.6 is 0 Å². The van der Waals surface area contributed by atoms with E-state index in [0.717, 1.165) is 19.4 Å². The lowest BCUT2D eigenvalue weighted by atomic mass is 9.85. The molecule has 1 aliphatic heterocycles. The van der Waals surface area contributed by atoms with Crippen molar-refractivity contribution in [2.75, 3.05) is 40.3 Å². The molecule has 5 unspecified atom stereocenters. The second kappa shape index (κ2) is 9.86. The molecule has 1 aromatic carbocycles. The van der Waals surface area contributed by atoms with E-state index in [-0.39, 0.29) is 41.5 Å². The molecule has 2 aliphatic carbocycles. The van der Waals surface area contributed by atoms with E-state index in [9.17, 15) is 9.59 Å². The molecule has 3 aliphatic rings. The van der Waals surface area contributed by atoms with Gasteiger partial charge in [-0.15, -0.1) is 0 Å². The fraction of sp³-hybridized carbons (Fsp3) is 0.560. The van der Waals surface area contributed by atoms with Crippen LogP contribution in [0.2, 0.25) is 0 Å². The molecule has 32 heavy (non-hydrogen) atoms. The van der Waals surface area contributed by atoms with Crippen molar-refractivity contribution in [3.63, 3.8) is 0 Å². The average Bonchev–Trinajstić information content (AvgIpc) is 3.46. The molecule has 0 spiro atoms. The number of rotatable bonds is 9. The molecule has 1 aromatic rings. The van der Waals surface area contributed by atoms with E-state index in [1.54, 1.807) is 0 Å². The van der Waals surface area contributed by atoms with Crippen LogP contribution in [0.15, 0.2) is 47.5 Å². The molecule has 2 fully saturated rings. The summed E-state index contributed by atoms with van der Waals surface area (Å²) in [5.74, 6) is 0.994. The summed E-state index contributed by atoms with van der Waals surface area (Å²) in [6.07, 6.45) is 6.15. The van der Waals surface area contributed by atoms with Gasteiger partial charge < -0.3 is 15.5 Å². The van der Waals surface area contributed by atoms with Crippen LogP contribution in [0.1, 0.15) is 18.9 Å². The maximum atomic E-state index is 12.8. The van der Waals surface area contributed by atoms with Crippen molar-refractivity contribution in [2.24, 2.45) is 28.7 Å². The lowest BCUT2D eigenvalue weighted by Crippen LogP contribution is -2.44. The molecule has 5 atom stereocenters. The number of likely N-dealkylation sites (tertiary alicyclic amines) is 1. The monoisotopic (exact) mass is 437 g/mol. The summed E-state index contributed by atoms with van der Waals surface area (Å²) in [6.45, 7) is 4.31. The Hall–Kier alpha value is -2.67. The van der Waals surface area contributed by atoms with Crippen LogP contribution in [0.3, 0.4) is 0 Å². The number of allylic oxidation sites excluding steroid dienone is 2. The van der Waals surface area contributed by atoms with E-state index >= 15 is 0 Å². The van der Waals surface area contributed by atoms with Gasteiger partial charge in [0.1, 0.15) is 0 Å². The van der Waals surface area contributed by atoms with E-state index < -0.39 is 0 Å². The fourth-order valence-electron chi connectivity index (χ4n) is 5.31. The molecule has 7 heteroatoms. The number of likely N-dealkylation sites (N-methyl/N-ethyl adjacent to an activating group) is 1. The van der Waals surface area contributed by atoms with Crippen molar-refractivity contribution >= 4 is 17.8 Å². The van der Waals surface area contributed by atoms with Gasteiger partial charge in [-0.05, 0) is 51.3 Å². The minimum Gasteiger partial charge on any atom is -0.357 e. The van der Waals surface area contributed by atoms with Crippen LogP contribution in [-0.2, 0) is 16.0 Å². The number of hydrogen-bond acceptors (Lipinski definition) is 4. The minimum atomic E-state index is -0.127. The van der Waals surface area contributed by atoms with Gasteiger partial charge >= 0.3 is 0 Å². The zero-order valence-electron chi connectivity index (χ0n) is 19.3. The summed E-state index contributed by atoms with van der Waals surface area (Å²) >= 11 is 0. The molecular weight excluding hydrogens is 402 g/mol. The summed E-state index contributed by atoms with van der Waals surface area (Å²) in [5, 5.41) is 6.58. The lowest BCUT2D eigenvalue weighted by Gasteiger charge is -2.23. The number of carbonyl (C=O) groups excluding carboxylic acids is 2. The molecule has 7 nitrogen and oxygen atoms in total. The number of imide groups is 1. The van der Waals surface area contributed by atoms with E-state index in [1.807, 2.05) is 13.0 Å². The zero-order chi connectivity index (χ0) is 22.7. The number of hydrogen-bond donors (Lipinski definition) is 2. The third-order valence-electron chi connectivity index (χ3n) is 7.04. The molecule has 0 radical (unpaired) electrons. The van der Waals surface area contributed by atoms with Gasteiger partial charge in [-0.3, -0.25) is 19.5 Å². The predicted molar refractivity (Wildman–Crippen MR) is 126 cm³/mol. The van der Waals surface area contributed by atoms with Crippen molar-refractivity contribution in [1.29, 1.82) is 0 Å². The maximum Gasteiger partial charge on any atom is 0.233 e. The van der Waals surface area contributed by atoms with Gasteiger partial charge in [0.05, 0.1) is 18.4 Å². The highest BCUT2D eigenvalue weighted by atomic mass is 16.2. The topological polar surface area (TPSA) is 77.0 Å². The largest absolute Gasteiger partial charge is 0.357 e. The van der Waals surface area contributed by atoms with Gasteiger partial charge in [-0.2, -0.15) is 0 Å². The number of nitrogens with one attached hydrogen (secondary N) is 2. The van der Waals surface area contributed by atoms with Gasteiger partial charge in [-0.1, -0.05) is 42.5 Å². The van der Waals surface area contributed by atoms with Crippen LogP contribution < -0.4 is 10.6 Å². The Bertz CT molecular complexity index is 852. The van der Waals surface area contributed by atoms with Crippen LogP contribution in [-0.4, -0.2) is 73.9 Å². The SMILES string of the molecule is CCNC(=NCC(Cc1ccccc1)N(C)C)NCCN1C(=O)C2C3C=CC(C3)C2C1=O. The quantitative estimate of drug-likeness (QED) is 0.265. The highest BCUT2D eigenvalue weighted by Gasteiger charge is 2.58. The molecule has 2 amide bonds. The van der Waals surface area contributed by atoms with Crippen molar-refractivity contribution < 1.29 is 9.59 Å². The number of carbonyl (C=O) groups is 2. The summed E-state index contributed by atoms with van der Waals surface area (Å²) in [4.78, 5) is 34.1. The summed E-state index contributed by atoms with van der Waals surface area (Å²) < 4.78 is 0. The fourth-order valence-corrected chi connectivity index (χ4v) is 5.31. The average molecular weight is 438 g/mol. The van der Waals surface area contributed by atoms with E-state index in [2.05, 4.69) is 66.0 Å². The summed E-state index contributed by atoms with van der Waals surface area (Å²) in [5.41, 5.74) is 1.29. The first-order valence-corrected chi connectivity index (χ1v) is 11.8. The number of benzene rings is 1. The Labute approximate surface area is 190 Å². The lowest BCUT2D eigenvalue weighted by molar-refractivity contribution is -0.140. The first-order valence-electron chi connectivity index (χ1n) is 11.8. The maximum absolute atomic E-state index is 12.8. The van der Waals surface area contributed by atoms with Gasteiger partial charge in [-0.25, -0.2) is 0 Å². The number of fused-ring (bicyclic) bond motifs is 5. The molecule has 1 saturated carbocycles. The Kier molecular flexibility index (Phi) is 6.94. The Morgan fingerprint density at radius 2 is 1.75 bits per heavy atom. The van der Waals surface area contributed by atoms with E-state index in [4.69, 9.17) is 4.99 Å². The van der Waals surface area contributed by atoms with Gasteiger partial charge in [0.25, 0.3) is 0 Å². The third-order valence-corrected chi connectivity index (χ3v) is 7.04. The van der Waals surface area contributed by atoms with Crippen LogP contribution in [0.5, 0.6) is 0 Å². The van der Waals surface area contributed by atoms with Crippen molar-refractivity contribution in [2.45, 2.75) is 25.8 Å². The van der Waals surface area contributed by atoms with Crippen molar-refractivity contribution in [1.82, 2.24) is 20.4 Å². The van der Waals surface area contributed by atoms with E-state index in [1.165, 1.54) is 10.5 Å². The van der Waals surface area contributed by atoms with Crippen LogP contribution in [0.4, 0.5) is 0 Å². The number of aliphatic imine (C=N–C) groups is 1. The molecule has 1 heterocycles. The Morgan fingerprint density at radius 3 is 2.34 bits per heavy atom. The smallest absolute Gasteiger partial charge is 0.233 e. The molecule has 2 N–H and O–H groups in total. The first-order chi connectivity index (χ1) is 15.5. The minimum absolute atomic E-state index is 0.0103. The van der Waals surface area contributed by atoms with E-state index in [0.29, 0.717) is 25.6 Å². The van der Waals surface area contributed by atoms with Crippen LogP contribution in [0, 0.1) is 23.7 Å². The molecule has 0 aromatic heterocycles. The predicted octanol–water partition coefficient (Wildman–Crippen LogP) is 1.52. The Morgan fingerprint density at radius 1 is 1.09 bits per heavy atom. The molecule has 4 rings (SSSR count). The number of guanidine groups is 1. The van der Waals surface area contributed by atoms with Gasteiger partial charge in [0.2, 0.25) is 11.8 Å². The summed E-state index contributed by atoms with van der Waals surface area (Å²) in [7, 11) is 4.15. The number of amides is 2. The third kappa shape index (κ3) is 4.58. The zero-order valence-corrected chi connectivity index (χ0v) is 19.3. The van der Waals surface area contributed by atoms with Crippen LogP contribution in [0.25, 0.3) is 0 Å². The first kappa shape index (κ1) is 22.5. The van der Waals surface area contributed by atoms with Gasteiger partial charge in [0.15, 0.2) is 5.96 Å². The highest BCUT2D eigenvalue weighted by molar-refractivity contribution is 6.06. The second-order valence-electron chi connectivity index (χ2n) is 9.28. The molecule has 2 bridgehead atoms. The highest BCUT2D eigenvalue weighted by Crippen LogP contribution is 2.52. The van der Waals surface area contributed by atoms with Crippen molar-refractivity contribution in [3.8, 4) is 0 Å². The number of nitrogens with zero attached hydrogens (tertiary/aromatic N) is 3. The molecule has 172 valence electrons. The Balaban J connectivity index is 1.32. The standard InChI is InChI=1S/C25H35N5O2/c1-4-26-25(28-16-20(29(2)3)14-17-8-6-5-7-9-17)27-12-13-30-23(31)21-18-10-11-19(15-18)22(21)24(30)32/h5-11,18-22H,4,12-16H2,1-3H3,(H2,26,27,28).